The summed E-state index contributed by atoms with van der Waals surface area (Å²) in [5, 5.41) is 9.06. The molecule has 0 saturated heterocycles. The zero-order chi connectivity index (χ0) is 7.68. The summed E-state index contributed by atoms with van der Waals surface area (Å²) in [4.78, 5) is 4.03. The molecule has 0 atom stereocenters. The molecule has 0 aromatic carbocycles. The maximum Gasteiger partial charge on any atom is 0.0552 e. The van der Waals surface area contributed by atoms with E-state index in [4.69, 9.17) is 5.11 Å². The monoisotopic (exact) mass is 149 g/mol. The summed E-state index contributed by atoms with van der Waals surface area (Å²) in [7, 11) is 0. The van der Waals surface area contributed by atoms with Crippen LogP contribution in [0.2, 0.25) is 0 Å². The van der Waals surface area contributed by atoms with Gasteiger partial charge in [-0.3, -0.25) is 4.98 Å². The molecule has 0 spiro atoms. The lowest BCUT2D eigenvalue weighted by molar-refractivity contribution is 0.0745. The second-order valence-electron chi connectivity index (χ2n) is 3.11. The van der Waals surface area contributed by atoms with Crippen LogP contribution in [-0.4, -0.2) is 16.2 Å². The smallest absolute Gasteiger partial charge is 0.0552 e. The molecule has 1 heterocycles. The van der Waals surface area contributed by atoms with Crippen LogP contribution in [0.5, 0.6) is 0 Å². The quantitative estimate of drug-likeness (QED) is 0.653. The number of pyridine rings is 1. The normalized spacial score (nSPS) is 29.5. The van der Waals surface area contributed by atoms with E-state index in [0.29, 0.717) is 5.92 Å². The minimum atomic E-state index is -0.0693. The van der Waals surface area contributed by atoms with Crippen LogP contribution in [0.15, 0.2) is 24.5 Å². The van der Waals surface area contributed by atoms with Crippen LogP contribution in [0.25, 0.3) is 0 Å². The highest BCUT2D eigenvalue weighted by atomic mass is 16.3. The van der Waals surface area contributed by atoms with Crippen molar-refractivity contribution in [1.29, 1.82) is 0 Å². The third-order valence-electron chi connectivity index (χ3n) is 2.27. The molecule has 0 aliphatic heterocycles. The molecule has 2 rings (SSSR count). The number of aromatic nitrogens is 1. The Morgan fingerprint density at radius 3 is 2.82 bits per heavy atom. The molecule has 1 saturated carbocycles. The molecule has 0 bridgehead atoms. The summed E-state index contributed by atoms with van der Waals surface area (Å²) in [6.45, 7) is 0. The van der Waals surface area contributed by atoms with Gasteiger partial charge in [-0.05, 0) is 30.4 Å². The Morgan fingerprint density at radius 2 is 2.27 bits per heavy atom. The maximum absolute atomic E-state index is 9.06. The number of aliphatic hydroxyl groups is 1. The van der Waals surface area contributed by atoms with Gasteiger partial charge in [0.05, 0.1) is 6.10 Å². The van der Waals surface area contributed by atoms with E-state index in [-0.39, 0.29) is 6.10 Å². The first-order valence-corrected chi connectivity index (χ1v) is 3.94. The predicted molar refractivity (Wildman–Crippen MR) is 42.2 cm³/mol. The lowest BCUT2D eigenvalue weighted by Gasteiger charge is -2.31. The molecule has 1 aromatic rings. The van der Waals surface area contributed by atoms with Gasteiger partial charge >= 0.3 is 0 Å². The van der Waals surface area contributed by atoms with E-state index in [1.165, 1.54) is 5.56 Å². The number of hydrogen-bond acceptors (Lipinski definition) is 2. The van der Waals surface area contributed by atoms with Crippen molar-refractivity contribution in [1.82, 2.24) is 4.98 Å². The summed E-state index contributed by atoms with van der Waals surface area (Å²) in [6.07, 6.45) is 5.41. The van der Waals surface area contributed by atoms with Gasteiger partial charge in [0.2, 0.25) is 0 Å². The Kier molecular flexibility index (Phi) is 1.62. The van der Waals surface area contributed by atoms with E-state index in [2.05, 4.69) is 11.1 Å². The summed E-state index contributed by atoms with van der Waals surface area (Å²) in [6, 6.07) is 4.02. The van der Waals surface area contributed by atoms with Crippen molar-refractivity contribution in [2.75, 3.05) is 0 Å². The zero-order valence-electron chi connectivity index (χ0n) is 6.27. The van der Waals surface area contributed by atoms with Crippen LogP contribution in [0.3, 0.4) is 0 Å². The molecule has 1 aliphatic rings. The highest BCUT2D eigenvalue weighted by molar-refractivity contribution is 5.17. The van der Waals surface area contributed by atoms with E-state index < -0.39 is 0 Å². The molecule has 0 unspecified atom stereocenters. The highest BCUT2D eigenvalue weighted by Gasteiger charge is 2.28. The van der Waals surface area contributed by atoms with Crippen molar-refractivity contribution >= 4 is 0 Å². The third kappa shape index (κ3) is 1.26. The molecule has 1 aromatic heterocycles. The van der Waals surface area contributed by atoms with Crippen LogP contribution in [0.4, 0.5) is 0 Å². The van der Waals surface area contributed by atoms with Gasteiger partial charge in [-0.15, -0.1) is 0 Å². The van der Waals surface area contributed by atoms with Gasteiger partial charge in [0.15, 0.2) is 0 Å². The SMILES string of the molecule is OC1CC(c2cccnc2)C1. The van der Waals surface area contributed by atoms with Gasteiger partial charge in [-0.1, -0.05) is 6.07 Å². The standard InChI is InChI=1S/C9H11NO/c11-9-4-8(5-9)7-2-1-3-10-6-7/h1-3,6,8-9,11H,4-5H2. The molecule has 11 heavy (non-hydrogen) atoms. The average molecular weight is 149 g/mol. The Hall–Kier alpha value is -0.890. The first-order chi connectivity index (χ1) is 5.36. The first-order valence-electron chi connectivity index (χ1n) is 3.94. The largest absolute Gasteiger partial charge is 0.393 e. The zero-order valence-corrected chi connectivity index (χ0v) is 6.27. The van der Waals surface area contributed by atoms with Gasteiger partial charge in [-0.2, -0.15) is 0 Å². The van der Waals surface area contributed by atoms with E-state index in [1.807, 2.05) is 12.3 Å². The van der Waals surface area contributed by atoms with E-state index >= 15 is 0 Å². The van der Waals surface area contributed by atoms with Gasteiger partial charge < -0.3 is 5.11 Å². The van der Waals surface area contributed by atoms with Crippen molar-refractivity contribution in [3.05, 3.63) is 30.1 Å². The molecule has 58 valence electrons. The van der Waals surface area contributed by atoms with Crippen LogP contribution < -0.4 is 0 Å². The predicted octanol–water partition coefficient (Wildman–Crippen LogP) is 1.32. The molecule has 1 fully saturated rings. The van der Waals surface area contributed by atoms with Crippen molar-refractivity contribution in [3.8, 4) is 0 Å². The van der Waals surface area contributed by atoms with Gasteiger partial charge in [0.1, 0.15) is 0 Å². The lowest BCUT2D eigenvalue weighted by Crippen LogP contribution is -2.26. The lowest BCUT2D eigenvalue weighted by atomic mass is 9.78. The van der Waals surface area contributed by atoms with Crippen molar-refractivity contribution in [3.63, 3.8) is 0 Å². The van der Waals surface area contributed by atoms with E-state index in [0.717, 1.165) is 12.8 Å². The number of aliphatic hydroxyl groups excluding tert-OH is 1. The third-order valence-corrected chi connectivity index (χ3v) is 2.27. The van der Waals surface area contributed by atoms with Crippen molar-refractivity contribution < 1.29 is 5.11 Å². The molecule has 1 aliphatic carbocycles. The molecule has 1 N–H and O–H groups in total. The molecular weight excluding hydrogens is 138 g/mol. The fraction of sp³-hybridized carbons (Fsp3) is 0.444. The minimum Gasteiger partial charge on any atom is -0.393 e. The Labute approximate surface area is 65.9 Å². The Balaban J connectivity index is 2.08. The minimum absolute atomic E-state index is 0.0693. The average Bonchev–Trinajstić information content (AvgIpc) is 2.01. The van der Waals surface area contributed by atoms with Gasteiger partial charge in [0.25, 0.3) is 0 Å². The van der Waals surface area contributed by atoms with Crippen LogP contribution in [0, 0.1) is 0 Å². The number of rotatable bonds is 1. The first kappa shape index (κ1) is 6.80. The van der Waals surface area contributed by atoms with Crippen LogP contribution >= 0.6 is 0 Å². The second kappa shape index (κ2) is 2.62. The fourth-order valence-corrected chi connectivity index (χ4v) is 1.48. The summed E-state index contributed by atoms with van der Waals surface area (Å²) < 4.78 is 0. The topological polar surface area (TPSA) is 33.1 Å². The fourth-order valence-electron chi connectivity index (χ4n) is 1.48. The number of hydrogen-bond donors (Lipinski definition) is 1. The highest BCUT2D eigenvalue weighted by Crippen LogP contribution is 2.35. The van der Waals surface area contributed by atoms with Crippen molar-refractivity contribution in [2.24, 2.45) is 0 Å². The van der Waals surface area contributed by atoms with Crippen LogP contribution in [-0.2, 0) is 0 Å². The van der Waals surface area contributed by atoms with Crippen molar-refractivity contribution in [2.45, 2.75) is 24.9 Å². The summed E-state index contributed by atoms with van der Waals surface area (Å²) in [5.74, 6) is 0.554. The molecule has 0 radical (unpaired) electrons. The van der Waals surface area contributed by atoms with E-state index in [9.17, 15) is 0 Å². The van der Waals surface area contributed by atoms with Gasteiger partial charge in [-0.25, -0.2) is 0 Å². The molecule has 2 heteroatoms. The second-order valence-corrected chi connectivity index (χ2v) is 3.11. The molecule has 2 nitrogen and oxygen atoms in total. The maximum atomic E-state index is 9.06. The molecular formula is C9H11NO. The summed E-state index contributed by atoms with van der Waals surface area (Å²) >= 11 is 0. The Morgan fingerprint density at radius 1 is 1.45 bits per heavy atom. The van der Waals surface area contributed by atoms with E-state index in [1.54, 1.807) is 6.20 Å². The Bertz CT molecular complexity index is 229. The summed E-state index contributed by atoms with van der Waals surface area (Å²) in [5.41, 5.74) is 1.26. The molecule has 0 amide bonds. The van der Waals surface area contributed by atoms with Crippen LogP contribution in [0.1, 0.15) is 24.3 Å². The number of nitrogens with zero attached hydrogens (tertiary/aromatic N) is 1. The van der Waals surface area contributed by atoms with Gasteiger partial charge in [0, 0.05) is 12.4 Å².